The number of nitrogens with one attached hydrogen (secondary N) is 1. The van der Waals surface area contributed by atoms with E-state index in [0.717, 1.165) is 24.0 Å². The lowest BCUT2D eigenvalue weighted by Crippen LogP contribution is -2.43. The van der Waals surface area contributed by atoms with E-state index in [1.807, 2.05) is 24.3 Å². The van der Waals surface area contributed by atoms with Crippen molar-refractivity contribution >= 4 is 13.3 Å². The zero-order chi connectivity index (χ0) is 20.3. The molecular weight excluding hydrogens is 391 g/mol. The highest BCUT2D eigenvalue weighted by Crippen LogP contribution is 2.46. The molecule has 1 aromatic carbocycles. The average Bonchev–Trinajstić information content (AvgIpc) is 3.15. The fourth-order valence-electron chi connectivity index (χ4n) is 4.33. The third-order valence-electron chi connectivity index (χ3n) is 5.85. The zero-order valence-electron chi connectivity index (χ0n) is 16.5. The SMILES string of the molecule is Nc1noc(-c2ccc([C@H]3CO[C@@H](CP(=O)(O)CC4CCCCC4)CN3)cc2)n1. The van der Waals surface area contributed by atoms with E-state index in [0.29, 0.717) is 31.1 Å². The summed E-state index contributed by atoms with van der Waals surface area (Å²) in [5, 5.41) is 7.04. The smallest absolute Gasteiger partial charge is 0.261 e. The van der Waals surface area contributed by atoms with Gasteiger partial charge in [0, 0.05) is 18.3 Å². The van der Waals surface area contributed by atoms with Crippen LogP contribution in [0.2, 0.25) is 0 Å². The van der Waals surface area contributed by atoms with Crippen molar-refractivity contribution in [1.82, 2.24) is 15.5 Å². The first kappa shape index (κ1) is 20.5. The lowest BCUT2D eigenvalue weighted by molar-refractivity contribution is 0.0156. The molecule has 0 amide bonds. The largest absolute Gasteiger partial charge is 0.374 e. The maximum absolute atomic E-state index is 12.7. The van der Waals surface area contributed by atoms with Crippen LogP contribution in [-0.2, 0) is 9.30 Å². The molecule has 2 aliphatic rings. The summed E-state index contributed by atoms with van der Waals surface area (Å²) in [6.45, 7) is 1.04. The second kappa shape index (κ2) is 8.96. The molecule has 1 aliphatic heterocycles. The zero-order valence-corrected chi connectivity index (χ0v) is 17.4. The first-order valence-corrected chi connectivity index (χ1v) is 12.4. The number of hydrogen-bond donors (Lipinski definition) is 3. The van der Waals surface area contributed by atoms with Crippen LogP contribution in [0.1, 0.15) is 43.7 Å². The quantitative estimate of drug-likeness (QED) is 0.609. The number of ether oxygens (including phenoxy) is 1. The number of benzene rings is 1. The normalized spacial score (nSPS) is 25.6. The van der Waals surface area contributed by atoms with Gasteiger partial charge in [-0.25, -0.2) is 0 Å². The second-order valence-corrected chi connectivity index (χ2v) is 10.6. The van der Waals surface area contributed by atoms with Gasteiger partial charge in [-0.1, -0.05) is 31.4 Å². The Hall–Kier alpha value is -1.73. The van der Waals surface area contributed by atoms with E-state index in [4.69, 9.17) is 15.0 Å². The molecule has 2 aromatic rings. The predicted octanol–water partition coefficient (Wildman–Crippen LogP) is 3.20. The van der Waals surface area contributed by atoms with Gasteiger partial charge in [0.05, 0.1) is 24.9 Å². The number of anilines is 1. The monoisotopic (exact) mass is 420 g/mol. The molecule has 1 saturated carbocycles. The Morgan fingerprint density at radius 3 is 2.55 bits per heavy atom. The van der Waals surface area contributed by atoms with Gasteiger partial charge in [-0.2, -0.15) is 4.98 Å². The Bertz CT molecular complexity index is 842. The van der Waals surface area contributed by atoms with Crippen LogP contribution in [0.25, 0.3) is 11.5 Å². The van der Waals surface area contributed by atoms with E-state index in [2.05, 4.69) is 15.5 Å². The molecule has 9 heteroatoms. The summed E-state index contributed by atoms with van der Waals surface area (Å²) in [7, 11) is -3.16. The molecule has 0 bridgehead atoms. The number of aromatic nitrogens is 2. The summed E-state index contributed by atoms with van der Waals surface area (Å²) in [6, 6.07) is 7.82. The Balaban J connectivity index is 1.28. The van der Waals surface area contributed by atoms with Crippen LogP contribution in [0.5, 0.6) is 0 Å². The van der Waals surface area contributed by atoms with Gasteiger partial charge < -0.3 is 25.2 Å². The lowest BCUT2D eigenvalue weighted by atomic mass is 9.91. The minimum absolute atomic E-state index is 0.0458. The van der Waals surface area contributed by atoms with E-state index in [9.17, 15) is 9.46 Å². The van der Waals surface area contributed by atoms with Crippen molar-refractivity contribution in [1.29, 1.82) is 0 Å². The van der Waals surface area contributed by atoms with Crippen LogP contribution in [0, 0.1) is 5.92 Å². The van der Waals surface area contributed by atoms with E-state index < -0.39 is 7.37 Å². The van der Waals surface area contributed by atoms with Gasteiger partial charge in [0.2, 0.25) is 7.37 Å². The first-order valence-electron chi connectivity index (χ1n) is 10.3. The molecule has 1 unspecified atom stereocenters. The molecule has 0 spiro atoms. The highest BCUT2D eigenvalue weighted by Gasteiger charge is 2.31. The maximum atomic E-state index is 12.7. The van der Waals surface area contributed by atoms with E-state index in [-0.39, 0.29) is 24.3 Å². The van der Waals surface area contributed by atoms with E-state index >= 15 is 0 Å². The van der Waals surface area contributed by atoms with Gasteiger partial charge in [-0.15, -0.1) is 0 Å². The van der Waals surface area contributed by atoms with Crippen molar-refractivity contribution < 1.29 is 18.7 Å². The average molecular weight is 420 g/mol. The molecule has 4 rings (SSSR count). The molecule has 2 heterocycles. The Kier molecular flexibility index (Phi) is 6.35. The minimum Gasteiger partial charge on any atom is -0.374 e. The molecule has 3 atom stereocenters. The highest BCUT2D eigenvalue weighted by molar-refractivity contribution is 7.58. The van der Waals surface area contributed by atoms with Crippen LogP contribution in [0.15, 0.2) is 28.8 Å². The van der Waals surface area contributed by atoms with Crippen molar-refractivity contribution in [3.05, 3.63) is 29.8 Å². The summed E-state index contributed by atoms with van der Waals surface area (Å²) < 4.78 is 23.7. The fraction of sp³-hybridized carbons (Fsp3) is 0.600. The van der Waals surface area contributed by atoms with Gasteiger partial charge in [0.15, 0.2) is 0 Å². The van der Waals surface area contributed by atoms with Gasteiger partial charge in [-0.3, -0.25) is 4.57 Å². The van der Waals surface area contributed by atoms with Crippen LogP contribution < -0.4 is 11.1 Å². The second-order valence-electron chi connectivity index (χ2n) is 8.21. The maximum Gasteiger partial charge on any atom is 0.261 e. The first-order chi connectivity index (χ1) is 14.0. The van der Waals surface area contributed by atoms with Gasteiger partial charge >= 0.3 is 0 Å². The number of morpholine rings is 1. The van der Waals surface area contributed by atoms with Gasteiger partial charge in [-0.05, 0) is 41.6 Å². The molecular formula is C20H29N4O4P. The summed E-state index contributed by atoms with van der Waals surface area (Å²) in [6.07, 6.45) is 6.27. The molecule has 2 fully saturated rings. The van der Waals surface area contributed by atoms with Crippen LogP contribution in [-0.4, -0.2) is 46.6 Å². The summed E-state index contributed by atoms with van der Waals surface area (Å²) >= 11 is 0. The van der Waals surface area contributed by atoms with Crippen molar-refractivity contribution in [3.8, 4) is 11.5 Å². The van der Waals surface area contributed by atoms with Crippen LogP contribution in [0.3, 0.4) is 0 Å². The molecule has 1 aromatic heterocycles. The molecule has 8 nitrogen and oxygen atoms in total. The molecule has 1 aliphatic carbocycles. The topological polar surface area (TPSA) is 124 Å². The van der Waals surface area contributed by atoms with E-state index in [1.165, 1.54) is 19.3 Å². The third-order valence-corrected chi connectivity index (χ3v) is 7.91. The van der Waals surface area contributed by atoms with Crippen molar-refractivity contribution in [2.24, 2.45) is 5.92 Å². The number of nitrogens with two attached hydrogens (primary N) is 1. The van der Waals surface area contributed by atoms with E-state index in [1.54, 1.807) is 0 Å². The lowest BCUT2D eigenvalue weighted by Gasteiger charge is -2.32. The van der Waals surface area contributed by atoms with Crippen molar-refractivity contribution in [3.63, 3.8) is 0 Å². The van der Waals surface area contributed by atoms with Crippen LogP contribution >= 0.6 is 7.37 Å². The molecule has 29 heavy (non-hydrogen) atoms. The summed E-state index contributed by atoms with van der Waals surface area (Å²) in [5.41, 5.74) is 7.37. The highest BCUT2D eigenvalue weighted by atomic mass is 31.2. The summed E-state index contributed by atoms with van der Waals surface area (Å²) in [5.74, 6) is 0.900. The summed E-state index contributed by atoms with van der Waals surface area (Å²) in [4.78, 5) is 14.5. The van der Waals surface area contributed by atoms with Gasteiger partial charge in [0.1, 0.15) is 0 Å². The third kappa shape index (κ3) is 5.45. The number of hydrogen-bond acceptors (Lipinski definition) is 7. The number of nitrogen functional groups attached to an aromatic ring is 1. The fourth-order valence-corrected chi connectivity index (χ4v) is 6.52. The molecule has 0 radical (unpaired) electrons. The Morgan fingerprint density at radius 1 is 1.17 bits per heavy atom. The predicted molar refractivity (Wildman–Crippen MR) is 111 cm³/mol. The van der Waals surface area contributed by atoms with Crippen molar-refractivity contribution in [2.45, 2.75) is 44.2 Å². The molecule has 1 saturated heterocycles. The van der Waals surface area contributed by atoms with Crippen LogP contribution in [0.4, 0.5) is 5.95 Å². The van der Waals surface area contributed by atoms with Crippen molar-refractivity contribution in [2.75, 3.05) is 31.2 Å². The minimum atomic E-state index is -3.16. The number of rotatable bonds is 6. The Labute approximate surface area is 170 Å². The standard InChI is InChI=1S/C20H29N4O4P/c21-20-23-19(28-24-20)16-8-6-15(7-9-16)18-11-27-17(10-22-18)13-29(25,26)12-14-4-2-1-3-5-14/h6-9,14,17-18,22H,1-5,10-13H2,(H2,21,24)(H,25,26)/t17-,18-/m1/s1. The Morgan fingerprint density at radius 2 is 1.93 bits per heavy atom. The van der Waals surface area contributed by atoms with Gasteiger partial charge in [0.25, 0.3) is 11.8 Å². The number of nitrogens with zero attached hydrogens (tertiary/aromatic N) is 2. The molecule has 4 N–H and O–H groups in total. The molecule has 158 valence electrons.